The molecule has 1 aromatic heterocycles. The van der Waals surface area contributed by atoms with E-state index in [2.05, 4.69) is 22.4 Å². The smallest absolute Gasteiger partial charge is 0.243 e. The second-order valence-corrected chi connectivity index (χ2v) is 11.6. The van der Waals surface area contributed by atoms with Crippen LogP contribution < -0.4 is 5.32 Å². The van der Waals surface area contributed by atoms with Crippen molar-refractivity contribution >= 4 is 44.3 Å². The van der Waals surface area contributed by atoms with Crippen molar-refractivity contribution in [1.29, 1.82) is 0 Å². The number of anilines is 1. The second kappa shape index (κ2) is 9.44. The molecule has 2 heterocycles. The van der Waals surface area contributed by atoms with Gasteiger partial charge in [0.2, 0.25) is 15.9 Å². The van der Waals surface area contributed by atoms with Gasteiger partial charge in [0.15, 0.2) is 0 Å². The first-order valence-corrected chi connectivity index (χ1v) is 13.5. The maximum atomic E-state index is 12.9. The molecule has 8 heteroatoms. The van der Waals surface area contributed by atoms with E-state index in [4.69, 9.17) is 0 Å². The number of carbonyl (C=O) groups excluding carboxylic acids is 1. The lowest BCUT2D eigenvalue weighted by Crippen LogP contribution is -2.27. The molecule has 3 aromatic rings. The summed E-state index contributed by atoms with van der Waals surface area (Å²) in [7, 11) is -3.47. The summed E-state index contributed by atoms with van der Waals surface area (Å²) in [6.07, 6.45) is 1.81. The Hall–Kier alpha value is -2.42. The predicted molar refractivity (Wildman–Crippen MR) is 134 cm³/mol. The highest BCUT2D eigenvalue weighted by Gasteiger charge is 2.27. The largest absolute Gasteiger partial charge is 0.325 e. The summed E-state index contributed by atoms with van der Waals surface area (Å²) in [6.45, 7) is 9.14. The highest BCUT2D eigenvalue weighted by molar-refractivity contribution is 7.99. The molecule has 0 bridgehead atoms. The number of benzene rings is 2. The molecular formula is C25H29N3O3S2. The highest BCUT2D eigenvalue weighted by Crippen LogP contribution is 2.29. The van der Waals surface area contributed by atoms with Crippen LogP contribution in [0, 0.1) is 27.7 Å². The van der Waals surface area contributed by atoms with Crippen LogP contribution in [0.5, 0.6) is 0 Å². The molecule has 1 amide bonds. The van der Waals surface area contributed by atoms with Crippen molar-refractivity contribution < 1.29 is 13.2 Å². The van der Waals surface area contributed by atoms with Crippen LogP contribution in [0.1, 0.15) is 35.1 Å². The SMILES string of the molecule is Cc1cc(C)c(NC(=O)CSc2cc(C)c3cc(S(=O)(=O)N4CCCC4)ccc3n2)c(C)c1. The molecule has 0 aliphatic carbocycles. The predicted octanol–water partition coefficient (Wildman–Crippen LogP) is 4.98. The van der Waals surface area contributed by atoms with Crippen molar-refractivity contribution in [3.63, 3.8) is 0 Å². The van der Waals surface area contributed by atoms with Crippen LogP contribution in [0.3, 0.4) is 0 Å². The van der Waals surface area contributed by atoms with Crippen LogP contribution in [0.2, 0.25) is 0 Å². The summed E-state index contributed by atoms with van der Waals surface area (Å²) in [5.74, 6) is 0.160. The monoisotopic (exact) mass is 483 g/mol. The molecule has 0 spiro atoms. The van der Waals surface area contributed by atoms with E-state index in [1.807, 2.05) is 33.8 Å². The fraction of sp³-hybridized carbons (Fsp3) is 0.360. The third-order valence-corrected chi connectivity index (χ3v) is 8.76. The number of fused-ring (bicyclic) bond motifs is 1. The number of hydrogen-bond acceptors (Lipinski definition) is 5. The maximum absolute atomic E-state index is 12.9. The van der Waals surface area contributed by atoms with Gasteiger partial charge in [-0.25, -0.2) is 13.4 Å². The normalized spacial score (nSPS) is 14.7. The van der Waals surface area contributed by atoms with Crippen LogP contribution in [0.25, 0.3) is 10.9 Å². The van der Waals surface area contributed by atoms with Crippen molar-refractivity contribution in [3.05, 3.63) is 58.7 Å². The molecule has 0 radical (unpaired) electrons. The van der Waals surface area contributed by atoms with Gasteiger partial charge in [0, 0.05) is 24.2 Å². The van der Waals surface area contributed by atoms with Crippen molar-refractivity contribution in [1.82, 2.24) is 9.29 Å². The second-order valence-electron chi connectivity index (χ2n) is 8.68. The Morgan fingerprint density at radius 1 is 1.00 bits per heavy atom. The first kappa shape index (κ1) is 23.7. The molecule has 0 atom stereocenters. The van der Waals surface area contributed by atoms with Crippen LogP contribution in [-0.4, -0.2) is 42.5 Å². The van der Waals surface area contributed by atoms with Gasteiger partial charge in [0.1, 0.15) is 0 Å². The van der Waals surface area contributed by atoms with E-state index < -0.39 is 10.0 Å². The van der Waals surface area contributed by atoms with Gasteiger partial charge in [0.25, 0.3) is 0 Å². The number of sulfonamides is 1. The van der Waals surface area contributed by atoms with Crippen LogP contribution >= 0.6 is 11.8 Å². The fourth-order valence-electron chi connectivity index (χ4n) is 4.35. The zero-order valence-electron chi connectivity index (χ0n) is 19.4. The Morgan fingerprint density at radius 2 is 1.67 bits per heavy atom. The standard InChI is InChI=1S/C25H29N3O3S2/c1-16-11-18(3)25(19(4)12-16)27-23(29)15-32-24-13-17(2)21-14-20(7-8-22(21)26-24)33(30,31)28-9-5-6-10-28/h7-8,11-14H,5-6,9-10,15H2,1-4H3,(H,27,29). The number of nitrogens with zero attached hydrogens (tertiary/aromatic N) is 2. The number of pyridine rings is 1. The summed E-state index contributed by atoms with van der Waals surface area (Å²) >= 11 is 1.37. The van der Waals surface area contributed by atoms with Gasteiger partial charge in [-0.15, -0.1) is 0 Å². The molecule has 4 rings (SSSR count). The summed E-state index contributed by atoms with van der Waals surface area (Å²) in [6, 6.07) is 11.1. The van der Waals surface area contributed by atoms with Crippen molar-refractivity contribution in [3.8, 4) is 0 Å². The van der Waals surface area contributed by atoms with Crippen LogP contribution in [0.4, 0.5) is 5.69 Å². The number of aromatic nitrogens is 1. The summed E-state index contributed by atoms with van der Waals surface area (Å²) in [5, 5.41) is 4.57. The number of amides is 1. The lowest BCUT2D eigenvalue weighted by molar-refractivity contribution is -0.113. The molecule has 6 nitrogen and oxygen atoms in total. The Bertz CT molecular complexity index is 1310. The van der Waals surface area contributed by atoms with Crippen molar-refractivity contribution in [2.24, 2.45) is 0 Å². The number of hydrogen-bond donors (Lipinski definition) is 1. The zero-order chi connectivity index (χ0) is 23.8. The van der Waals surface area contributed by atoms with E-state index in [0.29, 0.717) is 18.0 Å². The van der Waals surface area contributed by atoms with Gasteiger partial charge in [-0.2, -0.15) is 4.31 Å². The van der Waals surface area contributed by atoms with E-state index in [0.717, 1.165) is 51.1 Å². The van der Waals surface area contributed by atoms with Crippen molar-refractivity contribution in [2.45, 2.75) is 50.5 Å². The minimum absolute atomic E-state index is 0.0818. The molecule has 0 saturated carbocycles. The molecule has 174 valence electrons. The summed E-state index contributed by atoms with van der Waals surface area (Å²) in [5.41, 5.74) is 5.79. The van der Waals surface area contributed by atoms with Gasteiger partial charge in [-0.05, 0) is 81.5 Å². The average molecular weight is 484 g/mol. The molecular weight excluding hydrogens is 454 g/mol. The number of carbonyl (C=O) groups is 1. The first-order chi connectivity index (χ1) is 15.6. The molecule has 33 heavy (non-hydrogen) atoms. The minimum Gasteiger partial charge on any atom is -0.325 e. The number of thioether (sulfide) groups is 1. The van der Waals surface area contributed by atoms with E-state index in [1.54, 1.807) is 22.5 Å². The van der Waals surface area contributed by atoms with Gasteiger partial charge < -0.3 is 5.32 Å². The molecule has 1 saturated heterocycles. The Morgan fingerprint density at radius 3 is 2.33 bits per heavy atom. The lowest BCUT2D eigenvalue weighted by atomic mass is 10.1. The molecule has 1 aliphatic rings. The third kappa shape index (κ3) is 5.08. The van der Waals surface area contributed by atoms with E-state index in [-0.39, 0.29) is 11.7 Å². The van der Waals surface area contributed by atoms with Gasteiger partial charge in [-0.3, -0.25) is 4.79 Å². The first-order valence-electron chi connectivity index (χ1n) is 11.1. The quantitative estimate of drug-likeness (QED) is 0.500. The molecule has 1 aliphatic heterocycles. The average Bonchev–Trinajstić information content (AvgIpc) is 3.30. The highest BCUT2D eigenvalue weighted by atomic mass is 32.2. The van der Waals surface area contributed by atoms with E-state index in [1.165, 1.54) is 17.3 Å². The Labute approximate surface area is 199 Å². The van der Waals surface area contributed by atoms with Crippen molar-refractivity contribution in [2.75, 3.05) is 24.2 Å². The maximum Gasteiger partial charge on any atom is 0.243 e. The fourth-order valence-corrected chi connectivity index (χ4v) is 6.66. The Balaban J connectivity index is 1.50. The van der Waals surface area contributed by atoms with Gasteiger partial charge in [-0.1, -0.05) is 29.5 Å². The lowest BCUT2D eigenvalue weighted by Gasteiger charge is -2.16. The number of aryl methyl sites for hydroxylation is 4. The van der Waals surface area contributed by atoms with Crippen LogP contribution in [0.15, 0.2) is 46.3 Å². The molecule has 1 fully saturated rings. The van der Waals surface area contributed by atoms with E-state index >= 15 is 0 Å². The third-order valence-electron chi connectivity index (χ3n) is 5.96. The van der Waals surface area contributed by atoms with Crippen LogP contribution in [-0.2, 0) is 14.8 Å². The number of nitrogens with one attached hydrogen (secondary N) is 1. The topological polar surface area (TPSA) is 79.4 Å². The summed E-state index contributed by atoms with van der Waals surface area (Å²) in [4.78, 5) is 17.5. The number of rotatable bonds is 6. The molecule has 2 aromatic carbocycles. The summed E-state index contributed by atoms with van der Waals surface area (Å²) < 4.78 is 27.4. The van der Waals surface area contributed by atoms with Gasteiger partial charge >= 0.3 is 0 Å². The zero-order valence-corrected chi connectivity index (χ0v) is 21.1. The molecule has 1 N–H and O–H groups in total. The molecule has 0 unspecified atom stereocenters. The van der Waals surface area contributed by atoms with E-state index in [9.17, 15) is 13.2 Å². The minimum atomic E-state index is -3.47. The van der Waals surface area contributed by atoms with Gasteiger partial charge in [0.05, 0.1) is 21.2 Å². The Kier molecular flexibility index (Phi) is 6.79.